The molecule has 0 unspecified atom stereocenters. The van der Waals surface area contributed by atoms with E-state index in [9.17, 15) is 4.79 Å². The predicted molar refractivity (Wildman–Crippen MR) is 56.8 cm³/mol. The fourth-order valence-corrected chi connectivity index (χ4v) is 4.92. The Balaban J connectivity index is 1.98. The molecule has 4 fully saturated rings. The van der Waals surface area contributed by atoms with Gasteiger partial charge < -0.3 is 0 Å². The van der Waals surface area contributed by atoms with E-state index in [0.29, 0.717) is 11.8 Å². The van der Waals surface area contributed by atoms with Crippen LogP contribution in [0.15, 0.2) is 4.99 Å². The lowest BCUT2D eigenvalue weighted by Crippen LogP contribution is -2.53. The first-order chi connectivity index (χ1) is 6.72. The summed E-state index contributed by atoms with van der Waals surface area (Å²) in [4.78, 5) is 14.5. The van der Waals surface area contributed by atoms with Gasteiger partial charge in [0.2, 0.25) is 6.08 Å². The highest BCUT2D eigenvalue weighted by Gasteiger charge is 2.56. The van der Waals surface area contributed by atoms with Crippen LogP contribution in [0.3, 0.4) is 0 Å². The molecule has 0 N–H and O–H groups in total. The number of halogens is 1. The number of hydrogen-bond donors (Lipinski definition) is 0. The number of alkyl halides is 1. The van der Waals surface area contributed by atoms with Crippen LogP contribution < -0.4 is 0 Å². The van der Waals surface area contributed by atoms with Gasteiger partial charge in [-0.3, -0.25) is 0 Å². The quantitative estimate of drug-likeness (QED) is 0.307. The molecule has 4 aliphatic carbocycles. The molecule has 0 heterocycles. The van der Waals surface area contributed by atoms with Crippen molar-refractivity contribution in [2.75, 3.05) is 0 Å². The molecule has 0 aromatic rings. The van der Waals surface area contributed by atoms with Crippen molar-refractivity contribution in [2.45, 2.75) is 36.6 Å². The average Bonchev–Trinajstić information content (AvgIpc) is 2.14. The highest BCUT2D eigenvalue weighted by molar-refractivity contribution is 9.10. The lowest BCUT2D eigenvalue weighted by Gasteiger charge is -2.56. The number of carbonyl (C=O) groups excluding carboxylic acids is 1. The largest absolute Gasteiger partial charge is 0.236 e. The Morgan fingerprint density at radius 2 is 1.57 bits per heavy atom. The highest BCUT2D eigenvalue weighted by Crippen LogP contribution is 2.61. The Bertz CT molecular complexity index is 280. The number of isocyanates is 1. The van der Waals surface area contributed by atoms with Crippen molar-refractivity contribution in [1.82, 2.24) is 0 Å². The maximum Gasteiger partial charge on any atom is 0.236 e. The summed E-state index contributed by atoms with van der Waals surface area (Å²) in [5, 5.41) is 0. The molecule has 0 amide bonds. The monoisotopic (exact) mass is 255 g/mol. The van der Waals surface area contributed by atoms with E-state index in [1.165, 1.54) is 32.1 Å². The standard InChI is InChI=1S/C11H14BrNO/c12-11(13-6-14)9-2-7-1-8(4-9)5-10(11)3-7/h7-10H,1-5H2. The van der Waals surface area contributed by atoms with Gasteiger partial charge >= 0.3 is 0 Å². The zero-order chi connectivity index (χ0) is 9.76. The van der Waals surface area contributed by atoms with E-state index >= 15 is 0 Å². The maximum absolute atomic E-state index is 10.5. The maximum atomic E-state index is 10.5. The van der Waals surface area contributed by atoms with Gasteiger partial charge in [0.15, 0.2) is 0 Å². The molecule has 4 saturated carbocycles. The van der Waals surface area contributed by atoms with Gasteiger partial charge in [0.1, 0.15) is 4.45 Å². The molecular weight excluding hydrogens is 242 g/mol. The van der Waals surface area contributed by atoms with Gasteiger partial charge in [0, 0.05) is 0 Å². The van der Waals surface area contributed by atoms with Crippen molar-refractivity contribution >= 4 is 22.0 Å². The van der Waals surface area contributed by atoms with Gasteiger partial charge in [0.05, 0.1) is 0 Å². The van der Waals surface area contributed by atoms with Crippen LogP contribution in [-0.4, -0.2) is 10.5 Å². The molecular formula is C11H14BrNO. The summed E-state index contributed by atoms with van der Waals surface area (Å²) in [6.45, 7) is 0. The summed E-state index contributed by atoms with van der Waals surface area (Å²) in [6.07, 6.45) is 8.26. The minimum atomic E-state index is -0.234. The van der Waals surface area contributed by atoms with Gasteiger partial charge in [-0.1, -0.05) is 15.9 Å². The first kappa shape index (κ1) is 9.11. The third kappa shape index (κ3) is 1.09. The Labute approximate surface area is 92.3 Å². The molecule has 2 nitrogen and oxygen atoms in total. The second-order valence-electron chi connectivity index (χ2n) is 5.24. The number of nitrogens with zero attached hydrogens (tertiary/aromatic N) is 1. The molecule has 14 heavy (non-hydrogen) atoms. The predicted octanol–water partition coefficient (Wildman–Crippen LogP) is 2.87. The van der Waals surface area contributed by atoms with Crippen LogP contribution in [0.5, 0.6) is 0 Å². The van der Waals surface area contributed by atoms with Crippen LogP contribution in [0, 0.1) is 23.7 Å². The summed E-state index contributed by atoms with van der Waals surface area (Å²) < 4.78 is -0.234. The second kappa shape index (κ2) is 2.93. The molecule has 0 radical (unpaired) electrons. The summed E-state index contributed by atoms with van der Waals surface area (Å²) in [5.41, 5.74) is 0. The molecule has 3 heteroatoms. The first-order valence-electron chi connectivity index (χ1n) is 5.50. The van der Waals surface area contributed by atoms with Gasteiger partial charge in [-0.25, -0.2) is 4.79 Å². The number of rotatable bonds is 1. The Morgan fingerprint density at radius 3 is 2.00 bits per heavy atom. The molecule has 0 atom stereocenters. The molecule has 4 rings (SSSR count). The normalized spacial score (nSPS) is 54.4. The van der Waals surface area contributed by atoms with Crippen LogP contribution in [-0.2, 0) is 4.79 Å². The summed E-state index contributed by atoms with van der Waals surface area (Å²) in [6, 6.07) is 0. The fourth-order valence-electron chi connectivity index (χ4n) is 4.10. The van der Waals surface area contributed by atoms with Crippen LogP contribution in [0.4, 0.5) is 0 Å². The van der Waals surface area contributed by atoms with Crippen molar-refractivity contribution in [3.63, 3.8) is 0 Å². The van der Waals surface area contributed by atoms with E-state index in [4.69, 9.17) is 0 Å². The Hall–Kier alpha value is -0.140. The van der Waals surface area contributed by atoms with Crippen molar-refractivity contribution in [2.24, 2.45) is 28.7 Å². The van der Waals surface area contributed by atoms with E-state index in [1.807, 2.05) is 0 Å². The van der Waals surface area contributed by atoms with E-state index in [1.54, 1.807) is 6.08 Å². The molecule has 0 saturated heterocycles. The van der Waals surface area contributed by atoms with Gasteiger partial charge in [-0.05, 0) is 55.8 Å². The Morgan fingerprint density at radius 1 is 1.07 bits per heavy atom. The molecule has 76 valence electrons. The van der Waals surface area contributed by atoms with Gasteiger partial charge in [-0.2, -0.15) is 4.99 Å². The van der Waals surface area contributed by atoms with E-state index in [2.05, 4.69) is 20.9 Å². The van der Waals surface area contributed by atoms with Crippen LogP contribution in [0.25, 0.3) is 0 Å². The third-order valence-corrected chi connectivity index (χ3v) is 5.97. The minimum absolute atomic E-state index is 0.234. The topological polar surface area (TPSA) is 29.4 Å². The second-order valence-corrected chi connectivity index (χ2v) is 6.51. The van der Waals surface area contributed by atoms with E-state index < -0.39 is 0 Å². The zero-order valence-electron chi connectivity index (χ0n) is 8.08. The van der Waals surface area contributed by atoms with Crippen LogP contribution >= 0.6 is 15.9 Å². The van der Waals surface area contributed by atoms with Crippen molar-refractivity contribution in [3.8, 4) is 0 Å². The fraction of sp³-hybridized carbons (Fsp3) is 0.909. The van der Waals surface area contributed by atoms with Crippen LogP contribution in [0.2, 0.25) is 0 Å². The number of aliphatic imine (C=N–C) groups is 1. The van der Waals surface area contributed by atoms with Crippen molar-refractivity contribution < 1.29 is 4.79 Å². The van der Waals surface area contributed by atoms with E-state index in [-0.39, 0.29) is 4.45 Å². The lowest BCUT2D eigenvalue weighted by molar-refractivity contribution is -0.0102. The Kier molecular flexibility index (Phi) is 1.91. The molecule has 4 aliphatic rings. The molecule has 0 aliphatic heterocycles. The SMILES string of the molecule is O=C=NC1(Br)C2CC3CC(C2)CC1C3. The molecule has 0 spiro atoms. The smallest absolute Gasteiger partial charge is 0.211 e. The summed E-state index contributed by atoms with van der Waals surface area (Å²) >= 11 is 3.72. The van der Waals surface area contributed by atoms with Gasteiger partial charge in [-0.15, -0.1) is 0 Å². The average molecular weight is 256 g/mol. The minimum Gasteiger partial charge on any atom is -0.211 e. The lowest BCUT2D eigenvalue weighted by atomic mass is 9.54. The third-order valence-electron chi connectivity index (χ3n) is 4.50. The molecule has 4 bridgehead atoms. The van der Waals surface area contributed by atoms with Crippen molar-refractivity contribution in [3.05, 3.63) is 0 Å². The number of hydrogen-bond acceptors (Lipinski definition) is 2. The highest BCUT2D eigenvalue weighted by atomic mass is 79.9. The van der Waals surface area contributed by atoms with Gasteiger partial charge in [0.25, 0.3) is 0 Å². The molecule has 0 aromatic heterocycles. The van der Waals surface area contributed by atoms with Crippen LogP contribution in [0.1, 0.15) is 32.1 Å². The zero-order valence-corrected chi connectivity index (χ0v) is 9.66. The molecule has 0 aromatic carbocycles. The first-order valence-corrected chi connectivity index (χ1v) is 6.29. The summed E-state index contributed by atoms with van der Waals surface area (Å²) in [5.74, 6) is 3.04. The van der Waals surface area contributed by atoms with Crippen molar-refractivity contribution in [1.29, 1.82) is 0 Å². The summed E-state index contributed by atoms with van der Waals surface area (Å²) in [7, 11) is 0. The van der Waals surface area contributed by atoms with E-state index in [0.717, 1.165) is 11.8 Å².